The van der Waals surface area contributed by atoms with Crippen molar-refractivity contribution in [3.8, 4) is 5.75 Å². The van der Waals surface area contributed by atoms with Crippen LogP contribution in [0.15, 0.2) is 21.1 Å². The molecule has 0 radical (unpaired) electrons. The second-order valence-corrected chi connectivity index (χ2v) is 5.62. The number of hydrogen-bond acceptors (Lipinski definition) is 4. The predicted molar refractivity (Wildman–Crippen MR) is 83.8 cm³/mol. The van der Waals surface area contributed by atoms with Crippen LogP contribution in [0.25, 0.3) is 0 Å². The molecule has 2 amide bonds. The summed E-state index contributed by atoms with van der Waals surface area (Å²) in [5.41, 5.74) is 0.439. The third-order valence-corrected chi connectivity index (χ3v) is 3.70. The summed E-state index contributed by atoms with van der Waals surface area (Å²) < 4.78 is 11.2. The number of carboxylic acids is 1. The summed E-state index contributed by atoms with van der Waals surface area (Å²) >= 11 is 6.61. The van der Waals surface area contributed by atoms with Crippen molar-refractivity contribution in [2.45, 2.75) is 6.04 Å². The number of rotatable bonds is 6. The van der Waals surface area contributed by atoms with Crippen molar-refractivity contribution in [3.63, 3.8) is 0 Å². The molecule has 1 unspecified atom stereocenters. The molecule has 0 aliphatic rings. The molecule has 0 fully saturated rings. The molecule has 1 aromatic carbocycles. The van der Waals surface area contributed by atoms with Gasteiger partial charge in [-0.3, -0.25) is 0 Å². The first-order valence-corrected chi connectivity index (χ1v) is 7.30. The van der Waals surface area contributed by atoms with Crippen LogP contribution in [0.1, 0.15) is 0 Å². The molecule has 0 saturated heterocycles. The lowest BCUT2D eigenvalue weighted by atomic mass is 10.3. The van der Waals surface area contributed by atoms with Gasteiger partial charge in [0.25, 0.3) is 0 Å². The van der Waals surface area contributed by atoms with E-state index in [0.717, 1.165) is 0 Å². The third-order valence-electron chi connectivity index (χ3n) is 2.43. The number of urea groups is 1. The lowest BCUT2D eigenvalue weighted by Gasteiger charge is -2.15. The number of amides is 2. The summed E-state index contributed by atoms with van der Waals surface area (Å²) in [5.74, 6) is -0.653. The number of carboxylic acid groups (broad SMARTS) is 1. The number of carbonyl (C=O) groups excluding carboxylic acids is 1. The zero-order valence-corrected chi connectivity index (χ0v) is 14.4. The van der Waals surface area contributed by atoms with Crippen molar-refractivity contribution >= 4 is 49.5 Å². The monoisotopic (exact) mass is 424 g/mol. The van der Waals surface area contributed by atoms with E-state index in [1.165, 1.54) is 14.2 Å². The van der Waals surface area contributed by atoms with Crippen molar-refractivity contribution in [1.29, 1.82) is 0 Å². The minimum Gasteiger partial charge on any atom is -0.495 e. The first-order chi connectivity index (χ1) is 9.88. The minimum atomic E-state index is -1.18. The molecular formula is C12H14Br2N2O5. The Labute approximate surface area is 138 Å². The van der Waals surface area contributed by atoms with Gasteiger partial charge in [0.15, 0.2) is 6.04 Å². The molecule has 0 saturated carbocycles. The van der Waals surface area contributed by atoms with Crippen LogP contribution in [-0.4, -0.2) is 44.0 Å². The lowest BCUT2D eigenvalue weighted by molar-refractivity contribution is -0.140. The van der Waals surface area contributed by atoms with Crippen LogP contribution < -0.4 is 15.4 Å². The van der Waals surface area contributed by atoms with Gasteiger partial charge in [0.2, 0.25) is 0 Å². The zero-order chi connectivity index (χ0) is 16.0. The van der Waals surface area contributed by atoms with Crippen molar-refractivity contribution < 1.29 is 24.2 Å². The number of benzene rings is 1. The molecule has 0 aliphatic carbocycles. The Kier molecular flexibility index (Phi) is 6.93. The van der Waals surface area contributed by atoms with Crippen molar-refractivity contribution in [2.24, 2.45) is 0 Å². The fourth-order valence-electron chi connectivity index (χ4n) is 1.44. The van der Waals surface area contributed by atoms with Crippen LogP contribution in [0.4, 0.5) is 10.5 Å². The van der Waals surface area contributed by atoms with Gasteiger partial charge in [0.05, 0.1) is 23.9 Å². The van der Waals surface area contributed by atoms with E-state index < -0.39 is 18.0 Å². The van der Waals surface area contributed by atoms with E-state index in [-0.39, 0.29) is 6.61 Å². The number of hydrogen-bond donors (Lipinski definition) is 3. The highest BCUT2D eigenvalue weighted by atomic mass is 79.9. The second-order valence-electron chi connectivity index (χ2n) is 3.91. The van der Waals surface area contributed by atoms with Crippen LogP contribution in [0.2, 0.25) is 0 Å². The lowest BCUT2D eigenvalue weighted by Crippen LogP contribution is -2.45. The molecule has 1 atom stereocenters. The number of aliphatic carboxylic acids is 1. The van der Waals surface area contributed by atoms with E-state index in [1.807, 2.05) is 0 Å². The highest BCUT2D eigenvalue weighted by Crippen LogP contribution is 2.34. The molecule has 21 heavy (non-hydrogen) atoms. The largest absolute Gasteiger partial charge is 0.495 e. The Balaban J connectivity index is 2.81. The average Bonchev–Trinajstić information content (AvgIpc) is 2.41. The topological polar surface area (TPSA) is 96.9 Å². The standard InChI is InChI=1S/C12H14Br2N2O5/c1-20-5-9(11(17)18)16-12(19)15-8-4-10(21-2)7(14)3-6(8)13/h3-4,9H,5H2,1-2H3,(H,17,18)(H2,15,16,19). The molecule has 0 bridgehead atoms. The highest BCUT2D eigenvalue weighted by Gasteiger charge is 2.20. The highest BCUT2D eigenvalue weighted by molar-refractivity contribution is 9.11. The summed E-state index contributed by atoms with van der Waals surface area (Å²) in [6, 6.07) is 1.51. The fourth-order valence-corrected chi connectivity index (χ4v) is 2.69. The molecular weight excluding hydrogens is 412 g/mol. The van der Waals surface area contributed by atoms with E-state index in [1.54, 1.807) is 12.1 Å². The van der Waals surface area contributed by atoms with Gasteiger partial charge in [0, 0.05) is 17.6 Å². The Hall–Kier alpha value is -1.32. The molecule has 1 aromatic rings. The van der Waals surface area contributed by atoms with Gasteiger partial charge in [-0.1, -0.05) is 0 Å². The van der Waals surface area contributed by atoms with Gasteiger partial charge in [-0.25, -0.2) is 9.59 Å². The maximum atomic E-state index is 11.8. The summed E-state index contributed by atoms with van der Waals surface area (Å²) in [4.78, 5) is 22.8. The van der Waals surface area contributed by atoms with Crippen molar-refractivity contribution in [3.05, 3.63) is 21.1 Å². The van der Waals surface area contributed by atoms with Crippen molar-refractivity contribution in [2.75, 3.05) is 26.1 Å². The van der Waals surface area contributed by atoms with Gasteiger partial charge in [-0.05, 0) is 37.9 Å². The van der Waals surface area contributed by atoms with Gasteiger partial charge in [-0.2, -0.15) is 0 Å². The van der Waals surface area contributed by atoms with E-state index in [2.05, 4.69) is 42.5 Å². The average molecular weight is 426 g/mol. The van der Waals surface area contributed by atoms with Crippen LogP contribution in [0.3, 0.4) is 0 Å². The summed E-state index contributed by atoms with van der Waals surface area (Å²) in [6.07, 6.45) is 0. The Bertz CT molecular complexity index is 539. The summed E-state index contributed by atoms with van der Waals surface area (Å²) in [7, 11) is 2.85. The molecule has 0 aliphatic heterocycles. The number of methoxy groups -OCH3 is 2. The number of carbonyl (C=O) groups is 2. The van der Waals surface area contributed by atoms with E-state index in [4.69, 9.17) is 14.6 Å². The maximum absolute atomic E-state index is 11.8. The second kappa shape index (κ2) is 8.20. The molecule has 7 nitrogen and oxygen atoms in total. The Morgan fingerprint density at radius 2 is 1.95 bits per heavy atom. The number of ether oxygens (including phenoxy) is 2. The molecule has 0 heterocycles. The van der Waals surface area contributed by atoms with E-state index in [9.17, 15) is 9.59 Å². The van der Waals surface area contributed by atoms with Crippen molar-refractivity contribution in [1.82, 2.24) is 5.32 Å². The Morgan fingerprint density at radius 1 is 1.29 bits per heavy atom. The molecule has 0 spiro atoms. The smallest absolute Gasteiger partial charge is 0.328 e. The molecule has 1 rings (SSSR count). The molecule has 9 heteroatoms. The van der Waals surface area contributed by atoms with Gasteiger partial charge < -0.3 is 25.2 Å². The zero-order valence-electron chi connectivity index (χ0n) is 11.3. The van der Waals surface area contributed by atoms with Crippen LogP contribution in [-0.2, 0) is 9.53 Å². The third kappa shape index (κ3) is 5.18. The van der Waals surface area contributed by atoms with Gasteiger partial charge >= 0.3 is 12.0 Å². The van der Waals surface area contributed by atoms with Crippen LogP contribution in [0, 0.1) is 0 Å². The van der Waals surface area contributed by atoms with Crippen LogP contribution in [0.5, 0.6) is 5.75 Å². The minimum absolute atomic E-state index is 0.131. The molecule has 0 aromatic heterocycles. The number of halogens is 2. The van der Waals surface area contributed by atoms with Gasteiger partial charge in [0.1, 0.15) is 5.75 Å². The maximum Gasteiger partial charge on any atom is 0.328 e. The molecule has 116 valence electrons. The van der Waals surface area contributed by atoms with E-state index >= 15 is 0 Å². The quantitative estimate of drug-likeness (QED) is 0.650. The predicted octanol–water partition coefficient (Wildman–Crippen LogP) is 2.44. The van der Waals surface area contributed by atoms with Gasteiger partial charge in [-0.15, -0.1) is 0 Å². The number of nitrogens with one attached hydrogen (secondary N) is 2. The first-order valence-electron chi connectivity index (χ1n) is 5.71. The summed E-state index contributed by atoms with van der Waals surface area (Å²) in [6.45, 7) is -0.131. The Morgan fingerprint density at radius 3 is 2.48 bits per heavy atom. The van der Waals surface area contributed by atoms with Crippen LogP contribution >= 0.6 is 31.9 Å². The number of anilines is 1. The fraction of sp³-hybridized carbons (Fsp3) is 0.333. The SMILES string of the molecule is COCC(NC(=O)Nc1cc(OC)c(Br)cc1Br)C(=O)O. The van der Waals surface area contributed by atoms with E-state index in [0.29, 0.717) is 20.4 Å². The normalized spacial score (nSPS) is 11.6. The molecule has 3 N–H and O–H groups in total. The summed E-state index contributed by atoms with van der Waals surface area (Å²) in [5, 5.41) is 13.8. The first kappa shape index (κ1) is 17.7.